The van der Waals surface area contributed by atoms with Gasteiger partial charge in [-0.2, -0.15) is 0 Å². The molecule has 0 unspecified atom stereocenters. The number of amides is 3. The van der Waals surface area contributed by atoms with Crippen molar-refractivity contribution in [1.29, 1.82) is 0 Å². The van der Waals surface area contributed by atoms with E-state index in [0.29, 0.717) is 24.9 Å². The number of ether oxygens (including phenoxy) is 1. The fourth-order valence-electron chi connectivity index (χ4n) is 4.50. The number of carbonyl (C=O) groups excluding carboxylic acids is 4. The summed E-state index contributed by atoms with van der Waals surface area (Å²) in [6, 6.07) is 11.5. The number of nitrogens with zero attached hydrogens (tertiary/aromatic N) is 1. The Morgan fingerprint density at radius 1 is 1.06 bits per heavy atom. The Bertz CT molecular complexity index is 1160. The lowest BCUT2D eigenvalue weighted by Gasteiger charge is -2.28. The van der Waals surface area contributed by atoms with E-state index in [9.17, 15) is 19.2 Å². The van der Waals surface area contributed by atoms with Crippen LogP contribution < -0.4 is 10.2 Å². The Labute approximate surface area is 221 Å². The molecule has 0 bridgehead atoms. The minimum Gasteiger partial charge on any atom is -0.452 e. The number of anilines is 2. The molecule has 35 heavy (non-hydrogen) atoms. The van der Waals surface area contributed by atoms with Crippen molar-refractivity contribution in [3.05, 3.63) is 58.1 Å². The zero-order valence-electron chi connectivity index (χ0n) is 18.8. The maximum Gasteiger partial charge on any atom is 0.338 e. The van der Waals surface area contributed by atoms with E-state index in [4.69, 9.17) is 27.9 Å². The molecule has 1 aliphatic carbocycles. The van der Waals surface area contributed by atoms with Crippen LogP contribution in [-0.4, -0.2) is 41.1 Å². The SMILES string of the molecule is CCc1cc(Br)ccc1NC(=O)COC(=O)c1cccc(N2C(=O)[C@@H]3C[C@H](Cl)[C@@H](Cl)C[C@H]3C2=O)c1. The normalized spacial score (nSPS) is 23.7. The largest absolute Gasteiger partial charge is 0.452 e. The number of benzene rings is 2. The summed E-state index contributed by atoms with van der Waals surface area (Å²) in [6.45, 7) is 1.49. The van der Waals surface area contributed by atoms with Crippen molar-refractivity contribution < 1.29 is 23.9 Å². The van der Waals surface area contributed by atoms with E-state index in [1.165, 1.54) is 12.1 Å². The van der Waals surface area contributed by atoms with Gasteiger partial charge >= 0.3 is 5.97 Å². The van der Waals surface area contributed by atoms with Gasteiger partial charge in [0.25, 0.3) is 5.91 Å². The van der Waals surface area contributed by atoms with Gasteiger partial charge in [0.05, 0.1) is 33.8 Å². The molecular weight excluding hydrogens is 559 g/mol. The number of aryl methyl sites for hydroxylation is 1. The van der Waals surface area contributed by atoms with Crippen LogP contribution in [0.15, 0.2) is 46.9 Å². The predicted molar refractivity (Wildman–Crippen MR) is 137 cm³/mol. The van der Waals surface area contributed by atoms with E-state index >= 15 is 0 Å². The first-order valence-corrected chi connectivity index (χ1v) is 12.9. The molecule has 2 aromatic rings. The molecule has 0 radical (unpaired) electrons. The maximum atomic E-state index is 13.0. The summed E-state index contributed by atoms with van der Waals surface area (Å²) < 4.78 is 6.07. The minimum absolute atomic E-state index is 0.120. The average Bonchev–Trinajstić information content (AvgIpc) is 3.08. The van der Waals surface area contributed by atoms with E-state index in [2.05, 4.69) is 21.2 Å². The Balaban J connectivity index is 1.42. The molecule has 0 spiro atoms. The molecule has 2 fully saturated rings. The van der Waals surface area contributed by atoms with Gasteiger partial charge < -0.3 is 10.1 Å². The third-order valence-electron chi connectivity index (χ3n) is 6.31. The number of hydrogen-bond acceptors (Lipinski definition) is 5. The van der Waals surface area contributed by atoms with Crippen LogP contribution in [-0.2, 0) is 25.5 Å². The van der Waals surface area contributed by atoms with Gasteiger partial charge in [-0.3, -0.25) is 19.3 Å². The summed E-state index contributed by atoms with van der Waals surface area (Å²) in [5.74, 6) is -2.96. The molecule has 1 saturated heterocycles. The maximum absolute atomic E-state index is 13.0. The molecule has 10 heteroatoms. The molecule has 4 atom stereocenters. The van der Waals surface area contributed by atoms with Crippen molar-refractivity contribution >= 4 is 74.2 Å². The second kappa shape index (κ2) is 10.7. The first kappa shape index (κ1) is 25.7. The minimum atomic E-state index is -0.744. The summed E-state index contributed by atoms with van der Waals surface area (Å²) in [6.07, 6.45) is 1.38. The summed E-state index contributed by atoms with van der Waals surface area (Å²) in [5.41, 5.74) is 1.97. The highest BCUT2D eigenvalue weighted by Gasteiger charge is 2.52. The van der Waals surface area contributed by atoms with Crippen molar-refractivity contribution in [2.75, 3.05) is 16.8 Å². The molecule has 7 nitrogen and oxygen atoms in total. The number of esters is 1. The molecule has 1 saturated carbocycles. The van der Waals surface area contributed by atoms with Crippen LogP contribution in [0, 0.1) is 11.8 Å². The summed E-state index contributed by atoms with van der Waals surface area (Å²) in [4.78, 5) is 52.0. The number of rotatable bonds is 6. The van der Waals surface area contributed by atoms with E-state index in [1.807, 2.05) is 19.1 Å². The van der Waals surface area contributed by atoms with Crippen molar-refractivity contribution in [2.45, 2.75) is 36.9 Å². The number of carbonyl (C=O) groups is 4. The zero-order valence-corrected chi connectivity index (χ0v) is 21.9. The molecule has 184 valence electrons. The zero-order chi connectivity index (χ0) is 25.3. The molecule has 1 aliphatic heterocycles. The van der Waals surface area contributed by atoms with Gasteiger partial charge in [-0.1, -0.05) is 28.9 Å². The van der Waals surface area contributed by atoms with Gasteiger partial charge in [-0.05, 0) is 61.2 Å². The lowest BCUT2D eigenvalue weighted by Crippen LogP contribution is -2.34. The van der Waals surface area contributed by atoms with E-state index in [-0.39, 0.29) is 33.8 Å². The smallest absolute Gasteiger partial charge is 0.338 e. The number of halogens is 3. The molecule has 2 aromatic carbocycles. The summed E-state index contributed by atoms with van der Waals surface area (Å²) >= 11 is 15.9. The van der Waals surface area contributed by atoms with Crippen molar-refractivity contribution in [3.8, 4) is 0 Å². The van der Waals surface area contributed by atoms with Crippen LogP contribution in [0.4, 0.5) is 11.4 Å². The third kappa shape index (κ3) is 5.39. The monoisotopic (exact) mass is 580 g/mol. The van der Waals surface area contributed by atoms with Crippen LogP contribution in [0.2, 0.25) is 0 Å². The molecule has 2 aliphatic rings. The third-order valence-corrected chi connectivity index (χ3v) is 7.90. The quantitative estimate of drug-likeness (QED) is 0.297. The molecule has 4 rings (SSSR count). The second-order valence-electron chi connectivity index (χ2n) is 8.56. The predicted octanol–water partition coefficient (Wildman–Crippen LogP) is 4.92. The fraction of sp³-hybridized carbons (Fsp3) is 0.360. The number of hydrogen-bond donors (Lipinski definition) is 1. The number of imide groups is 1. The van der Waals surface area contributed by atoms with E-state index < -0.39 is 30.3 Å². The van der Waals surface area contributed by atoms with Gasteiger partial charge in [-0.25, -0.2) is 4.79 Å². The van der Waals surface area contributed by atoms with Gasteiger partial charge in [-0.15, -0.1) is 23.2 Å². The second-order valence-corrected chi connectivity index (χ2v) is 10.6. The van der Waals surface area contributed by atoms with Gasteiger partial charge in [0, 0.05) is 10.2 Å². The van der Waals surface area contributed by atoms with Gasteiger partial charge in [0.15, 0.2) is 6.61 Å². The number of fused-ring (bicyclic) bond motifs is 1. The van der Waals surface area contributed by atoms with Crippen LogP contribution >= 0.6 is 39.1 Å². The van der Waals surface area contributed by atoms with Crippen LogP contribution in [0.1, 0.15) is 35.7 Å². The molecule has 0 aromatic heterocycles. The lowest BCUT2D eigenvalue weighted by atomic mass is 9.80. The standard InChI is InChI=1S/C25H23BrCl2N2O5/c1-2-13-8-15(26)6-7-21(13)29-22(31)12-35-25(34)14-4-3-5-16(9-14)30-23(32)17-10-19(27)20(28)11-18(17)24(30)33/h3-9,17-20H,2,10-12H2,1H3,(H,29,31)/t17-,18-,19+,20+/m1/s1. The Morgan fingerprint density at radius 2 is 1.71 bits per heavy atom. The summed E-state index contributed by atoms with van der Waals surface area (Å²) in [5, 5.41) is 1.98. The van der Waals surface area contributed by atoms with Crippen molar-refractivity contribution in [2.24, 2.45) is 11.8 Å². The van der Waals surface area contributed by atoms with Crippen molar-refractivity contribution in [1.82, 2.24) is 0 Å². The molecule has 1 N–H and O–H groups in total. The van der Waals surface area contributed by atoms with E-state index in [1.54, 1.807) is 18.2 Å². The fourth-order valence-corrected chi connectivity index (χ4v) is 5.50. The van der Waals surface area contributed by atoms with Crippen LogP contribution in [0.5, 0.6) is 0 Å². The highest BCUT2D eigenvalue weighted by Crippen LogP contribution is 2.43. The lowest BCUT2D eigenvalue weighted by molar-refractivity contribution is -0.122. The van der Waals surface area contributed by atoms with Crippen molar-refractivity contribution in [3.63, 3.8) is 0 Å². The Kier molecular flexibility index (Phi) is 7.83. The average molecular weight is 582 g/mol. The van der Waals surface area contributed by atoms with Gasteiger partial charge in [0.2, 0.25) is 11.8 Å². The van der Waals surface area contributed by atoms with Crippen LogP contribution in [0.25, 0.3) is 0 Å². The molecule has 1 heterocycles. The van der Waals surface area contributed by atoms with Crippen LogP contribution in [0.3, 0.4) is 0 Å². The topological polar surface area (TPSA) is 92.8 Å². The first-order valence-electron chi connectivity index (χ1n) is 11.2. The summed E-state index contributed by atoms with van der Waals surface area (Å²) in [7, 11) is 0. The number of nitrogens with one attached hydrogen (secondary N) is 1. The van der Waals surface area contributed by atoms with E-state index in [0.717, 1.165) is 14.9 Å². The molecule has 3 amide bonds. The number of alkyl halides is 2. The highest BCUT2D eigenvalue weighted by atomic mass is 79.9. The highest BCUT2D eigenvalue weighted by molar-refractivity contribution is 9.10. The Morgan fingerprint density at radius 3 is 2.34 bits per heavy atom. The Hall–Kier alpha value is -2.42. The first-order chi connectivity index (χ1) is 16.7. The van der Waals surface area contributed by atoms with Gasteiger partial charge in [0.1, 0.15) is 0 Å². The molecular formula is C25H23BrCl2N2O5.